The van der Waals surface area contributed by atoms with Crippen LogP contribution in [0.1, 0.15) is 25.3 Å². The minimum Gasteiger partial charge on any atom is -0.390 e. The lowest BCUT2D eigenvalue weighted by molar-refractivity contribution is -0.00730. The second kappa shape index (κ2) is 5.02. The summed E-state index contributed by atoms with van der Waals surface area (Å²) in [5.74, 6) is 0.909. The summed E-state index contributed by atoms with van der Waals surface area (Å²) in [5.41, 5.74) is 0.802. The van der Waals surface area contributed by atoms with Crippen molar-refractivity contribution in [3.05, 3.63) is 23.9 Å². The van der Waals surface area contributed by atoms with Crippen molar-refractivity contribution in [3.63, 3.8) is 0 Å². The Bertz CT molecular complexity index is 369. The first-order chi connectivity index (χ1) is 8.09. The van der Waals surface area contributed by atoms with E-state index in [-0.39, 0.29) is 0 Å². The molecule has 0 amide bonds. The fraction of sp³-hybridized carbons (Fsp3) is 0.615. The Labute approximate surface area is 103 Å². The lowest BCUT2D eigenvalue weighted by Crippen LogP contribution is -2.41. The number of piperidine rings is 1. The number of nitrogens with zero attached hydrogens (tertiary/aromatic N) is 2. The van der Waals surface area contributed by atoms with Crippen LogP contribution in [0.2, 0.25) is 0 Å². The van der Waals surface area contributed by atoms with Crippen molar-refractivity contribution < 1.29 is 5.11 Å². The molecule has 0 radical (unpaired) electrons. The predicted molar refractivity (Wildman–Crippen MR) is 68.9 cm³/mol. The van der Waals surface area contributed by atoms with Gasteiger partial charge in [0.1, 0.15) is 5.82 Å². The van der Waals surface area contributed by atoms with Gasteiger partial charge in [0, 0.05) is 32.9 Å². The van der Waals surface area contributed by atoms with Gasteiger partial charge < -0.3 is 10.4 Å². The first-order valence-electron chi connectivity index (χ1n) is 6.16. The maximum atomic E-state index is 9.89. The Morgan fingerprint density at radius 3 is 2.82 bits per heavy atom. The van der Waals surface area contributed by atoms with Crippen LogP contribution in [-0.4, -0.2) is 40.7 Å². The van der Waals surface area contributed by atoms with Crippen LogP contribution in [0, 0.1) is 0 Å². The maximum Gasteiger partial charge on any atom is 0.125 e. The van der Waals surface area contributed by atoms with Crippen molar-refractivity contribution in [1.82, 2.24) is 9.88 Å². The SMILES string of the molecule is CNc1cc(CN2CCC(C)(O)CC2)ccn1. The quantitative estimate of drug-likeness (QED) is 0.833. The Kier molecular flexibility index (Phi) is 3.64. The van der Waals surface area contributed by atoms with Gasteiger partial charge in [-0.05, 0) is 37.5 Å². The third kappa shape index (κ3) is 3.41. The molecule has 4 nitrogen and oxygen atoms in total. The van der Waals surface area contributed by atoms with Gasteiger partial charge in [-0.3, -0.25) is 4.90 Å². The van der Waals surface area contributed by atoms with Crippen molar-refractivity contribution in [3.8, 4) is 0 Å². The van der Waals surface area contributed by atoms with Crippen LogP contribution in [0.25, 0.3) is 0 Å². The molecule has 1 saturated heterocycles. The number of likely N-dealkylation sites (tertiary alicyclic amines) is 1. The van der Waals surface area contributed by atoms with Gasteiger partial charge >= 0.3 is 0 Å². The molecule has 0 unspecified atom stereocenters. The molecule has 0 aliphatic carbocycles. The maximum absolute atomic E-state index is 9.89. The number of nitrogens with one attached hydrogen (secondary N) is 1. The van der Waals surface area contributed by atoms with E-state index >= 15 is 0 Å². The zero-order valence-corrected chi connectivity index (χ0v) is 10.6. The molecule has 1 aliphatic rings. The van der Waals surface area contributed by atoms with Crippen molar-refractivity contribution in [2.45, 2.75) is 31.9 Å². The number of hydrogen-bond acceptors (Lipinski definition) is 4. The van der Waals surface area contributed by atoms with E-state index in [1.54, 1.807) is 0 Å². The van der Waals surface area contributed by atoms with Crippen molar-refractivity contribution in [2.75, 3.05) is 25.5 Å². The largest absolute Gasteiger partial charge is 0.390 e. The molecule has 0 saturated carbocycles. The standard InChI is InChI=1S/C13H21N3O/c1-13(17)4-7-16(8-5-13)10-11-3-6-15-12(9-11)14-2/h3,6,9,17H,4-5,7-8,10H2,1-2H3,(H,14,15). The average molecular weight is 235 g/mol. The molecule has 1 fully saturated rings. The molecule has 1 aromatic rings. The molecule has 1 aromatic heterocycles. The van der Waals surface area contributed by atoms with Gasteiger partial charge in [-0.2, -0.15) is 0 Å². The predicted octanol–water partition coefficient (Wildman–Crippen LogP) is 1.47. The number of aromatic nitrogens is 1. The van der Waals surface area contributed by atoms with Gasteiger partial charge in [-0.15, -0.1) is 0 Å². The summed E-state index contributed by atoms with van der Waals surface area (Å²) in [7, 11) is 1.88. The van der Waals surface area contributed by atoms with E-state index in [2.05, 4.69) is 21.3 Å². The number of hydrogen-bond donors (Lipinski definition) is 2. The van der Waals surface area contributed by atoms with E-state index in [9.17, 15) is 5.11 Å². The van der Waals surface area contributed by atoms with E-state index in [4.69, 9.17) is 0 Å². The normalized spacial score (nSPS) is 20.2. The second-order valence-electron chi connectivity index (χ2n) is 5.07. The van der Waals surface area contributed by atoms with Gasteiger partial charge in [-0.25, -0.2) is 4.98 Å². The van der Waals surface area contributed by atoms with Crippen LogP contribution in [0.5, 0.6) is 0 Å². The molecule has 0 spiro atoms. The molecular formula is C13H21N3O. The van der Waals surface area contributed by atoms with Crippen LogP contribution < -0.4 is 5.32 Å². The molecule has 1 aliphatic heterocycles. The smallest absolute Gasteiger partial charge is 0.125 e. The van der Waals surface area contributed by atoms with E-state index < -0.39 is 5.60 Å². The van der Waals surface area contributed by atoms with Gasteiger partial charge in [-0.1, -0.05) is 0 Å². The minimum absolute atomic E-state index is 0.467. The molecule has 0 aromatic carbocycles. The van der Waals surface area contributed by atoms with Gasteiger partial charge in [0.2, 0.25) is 0 Å². The summed E-state index contributed by atoms with van der Waals surface area (Å²) in [4.78, 5) is 6.59. The Hall–Kier alpha value is -1.13. The summed E-state index contributed by atoms with van der Waals surface area (Å²) >= 11 is 0. The molecule has 0 atom stereocenters. The monoisotopic (exact) mass is 235 g/mol. The minimum atomic E-state index is -0.467. The van der Waals surface area contributed by atoms with Crippen LogP contribution >= 0.6 is 0 Å². The van der Waals surface area contributed by atoms with Crippen molar-refractivity contribution in [2.24, 2.45) is 0 Å². The topological polar surface area (TPSA) is 48.4 Å². The Balaban J connectivity index is 1.93. The molecule has 4 heteroatoms. The molecule has 17 heavy (non-hydrogen) atoms. The molecular weight excluding hydrogens is 214 g/mol. The average Bonchev–Trinajstić information content (AvgIpc) is 2.32. The van der Waals surface area contributed by atoms with E-state index in [1.165, 1.54) is 5.56 Å². The summed E-state index contributed by atoms with van der Waals surface area (Å²) in [5, 5.41) is 12.9. The highest BCUT2D eigenvalue weighted by Crippen LogP contribution is 2.22. The van der Waals surface area contributed by atoms with Gasteiger partial charge in [0.05, 0.1) is 5.60 Å². The Morgan fingerprint density at radius 2 is 2.18 bits per heavy atom. The number of rotatable bonds is 3. The first-order valence-corrected chi connectivity index (χ1v) is 6.16. The highest BCUT2D eigenvalue weighted by Gasteiger charge is 2.27. The van der Waals surface area contributed by atoms with Gasteiger partial charge in [0.15, 0.2) is 0 Å². The summed E-state index contributed by atoms with van der Waals surface area (Å²) < 4.78 is 0. The highest BCUT2D eigenvalue weighted by atomic mass is 16.3. The van der Waals surface area contributed by atoms with Crippen LogP contribution in [-0.2, 0) is 6.54 Å². The number of aliphatic hydroxyl groups is 1. The van der Waals surface area contributed by atoms with Gasteiger partial charge in [0.25, 0.3) is 0 Å². The Morgan fingerprint density at radius 1 is 1.47 bits per heavy atom. The summed E-state index contributed by atoms with van der Waals surface area (Å²) in [6, 6.07) is 4.13. The third-order valence-corrected chi connectivity index (χ3v) is 3.42. The summed E-state index contributed by atoms with van der Waals surface area (Å²) in [6.07, 6.45) is 3.55. The third-order valence-electron chi connectivity index (χ3n) is 3.42. The van der Waals surface area contributed by atoms with E-state index in [1.807, 2.05) is 26.2 Å². The first kappa shape index (κ1) is 12.3. The van der Waals surface area contributed by atoms with Crippen molar-refractivity contribution in [1.29, 1.82) is 0 Å². The lowest BCUT2D eigenvalue weighted by atomic mass is 9.93. The van der Waals surface area contributed by atoms with Crippen molar-refractivity contribution >= 4 is 5.82 Å². The zero-order valence-electron chi connectivity index (χ0n) is 10.6. The molecule has 2 N–H and O–H groups in total. The molecule has 94 valence electrons. The fourth-order valence-electron chi connectivity index (χ4n) is 2.16. The molecule has 2 rings (SSSR count). The highest BCUT2D eigenvalue weighted by molar-refractivity contribution is 5.36. The van der Waals surface area contributed by atoms with Crippen LogP contribution in [0.3, 0.4) is 0 Å². The van der Waals surface area contributed by atoms with E-state index in [0.717, 1.165) is 38.3 Å². The fourth-order valence-corrected chi connectivity index (χ4v) is 2.16. The zero-order chi connectivity index (χ0) is 12.3. The molecule has 2 heterocycles. The molecule has 0 bridgehead atoms. The van der Waals surface area contributed by atoms with Crippen LogP contribution in [0.4, 0.5) is 5.82 Å². The number of pyridine rings is 1. The van der Waals surface area contributed by atoms with Crippen LogP contribution in [0.15, 0.2) is 18.3 Å². The lowest BCUT2D eigenvalue weighted by Gasteiger charge is -2.35. The number of anilines is 1. The van der Waals surface area contributed by atoms with E-state index in [0.29, 0.717) is 0 Å². The summed E-state index contributed by atoms with van der Waals surface area (Å²) in [6.45, 7) is 4.79. The second-order valence-corrected chi connectivity index (χ2v) is 5.07.